The van der Waals surface area contributed by atoms with Gasteiger partial charge in [-0.1, -0.05) is 6.92 Å². The maximum Gasteiger partial charge on any atom is 0.150 e. The molecule has 0 bridgehead atoms. The Morgan fingerprint density at radius 3 is 2.50 bits per heavy atom. The molecular formula is C9H21NO2S2. The molecule has 0 aromatic carbocycles. The third-order valence-electron chi connectivity index (χ3n) is 1.83. The summed E-state index contributed by atoms with van der Waals surface area (Å²) in [5.74, 6) is 2.54. The van der Waals surface area contributed by atoms with Gasteiger partial charge in [-0.3, -0.25) is 0 Å². The Balaban J connectivity index is 3.62. The number of hydrogen-bond acceptors (Lipinski definition) is 4. The number of nitrogens with two attached hydrogens (primary N) is 1. The van der Waals surface area contributed by atoms with Crippen molar-refractivity contribution in [2.75, 3.05) is 23.0 Å². The smallest absolute Gasteiger partial charge is 0.150 e. The summed E-state index contributed by atoms with van der Waals surface area (Å²) in [6, 6.07) is -0.0187. The summed E-state index contributed by atoms with van der Waals surface area (Å²) in [5.41, 5.74) is 5.51. The number of thioether (sulfide) groups is 1. The maximum atomic E-state index is 11.4. The highest BCUT2D eigenvalue weighted by Crippen LogP contribution is 2.04. The lowest BCUT2D eigenvalue weighted by molar-refractivity contribution is 0.586. The summed E-state index contributed by atoms with van der Waals surface area (Å²) in [5, 5.41) is 0. The molecule has 0 saturated carbocycles. The summed E-state index contributed by atoms with van der Waals surface area (Å²) in [6.45, 7) is 3.91. The summed E-state index contributed by atoms with van der Waals surface area (Å²) < 4.78 is 22.9. The molecule has 0 aromatic rings. The SMILES string of the molecule is CCSCCCS(=O)(=O)CCC(C)N. The molecule has 0 amide bonds. The van der Waals surface area contributed by atoms with E-state index in [-0.39, 0.29) is 11.8 Å². The molecule has 0 aliphatic rings. The molecule has 0 fully saturated rings. The Bertz CT molecular complexity index is 225. The Morgan fingerprint density at radius 2 is 2.00 bits per heavy atom. The molecule has 0 aliphatic heterocycles. The van der Waals surface area contributed by atoms with Crippen LogP contribution in [0.2, 0.25) is 0 Å². The van der Waals surface area contributed by atoms with Gasteiger partial charge in [0.1, 0.15) is 9.84 Å². The van der Waals surface area contributed by atoms with E-state index >= 15 is 0 Å². The van der Waals surface area contributed by atoms with Crippen LogP contribution in [0.3, 0.4) is 0 Å². The van der Waals surface area contributed by atoms with Crippen LogP contribution in [-0.4, -0.2) is 37.5 Å². The second kappa shape index (κ2) is 7.54. The van der Waals surface area contributed by atoms with Crippen LogP contribution in [0.4, 0.5) is 0 Å². The second-order valence-electron chi connectivity index (χ2n) is 3.47. The van der Waals surface area contributed by atoms with Gasteiger partial charge in [-0.25, -0.2) is 8.42 Å². The molecular weight excluding hydrogens is 218 g/mol. The fourth-order valence-electron chi connectivity index (χ4n) is 0.993. The lowest BCUT2D eigenvalue weighted by Crippen LogP contribution is -2.21. The molecule has 0 spiro atoms. The normalized spacial score (nSPS) is 14.2. The standard InChI is InChI=1S/C9H21NO2S2/c1-3-13-6-4-7-14(11,12)8-5-9(2)10/h9H,3-8,10H2,1-2H3. The molecule has 0 radical (unpaired) electrons. The summed E-state index contributed by atoms with van der Waals surface area (Å²) in [4.78, 5) is 0. The van der Waals surface area contributed by atoms with Crippen molar-refractivity contribution in [2.24, 2.45) is 5.73 Å². The van der Waals surface area contributed by atoms with Crippen molar-refractivity contribution >= 4 is 21.6 Å². The Kier molecular flexibility index (Phi) is 7.68. The van der Waals surface area contributed by atoms with Crippen molar-refractivity contribution in [3.8, 4) is 0 Å². The molecule has 0 aliphatic carbocycles. The predicted octanol–water partition coefficient (Wildman–Crippen LogP) is 1.28. The largest absolute Gasteiger partial charge is 0.328 e. The van der Waals surface area contributed by atoms with Gasteiger partial charge >= 0.3 is 0 Å². The van der Waals surface area contributed by atoms with Crippen LogP contribution in [0.25, 0.3) is 0 Å². The van der Waals surface area contributed by atoms with E-state index < -0.39 is 9.84 Å². The van der Waals surface area contributed by atoms with E-state index in [0.29, 0.717) is 12.2 Å². The zero-order valence-corrected chi connectivity index (χ0v) is 10.7. The van der Waals surface area contributed by atoms with Crippen LogP contribution in [0, 0.1) is 0 Å². The van der Waals surface area contributed by atoms with E-state index in [1.54, 1.807) is 11.8 Å². The topological polar surface area (TPSA) is 60.2 Å². The van der Waals surface area contributed by atoms with Gasteiger partial charge in [0.05, 0.1) is 11.5 Å². The van der Waals surface area contributed by atoms with Gasteiger partial charge in [0.15, 0.2) is 0 Å². The van der Waals surface area contributed by atoms with Crippen molar-refractivity contribution in [3.63, 3.8) is 0 Å². The van der Waals surface area contributed by atoms with Gasteiger partial charge in [0, 0.05) is 6.04 Å². The third kappa shape index (κ3) is 8.84. The molecule has 0 aromatic heterocycles. The minimum Gasteiger partial charge on any atom is -0.328 e. The number of sulfone groups is 1. The van der Waals surface area contributed by atoms with E-state index in [1.807, 2.05) is 6.92 Å². The molecule has 1 atom stereocenters. The summed E-state index contributed by atoms with van der Waals surface area (Å²) in [7, 11) is -2.85. The van der Waals surface area contributed by atoms with E-state index in [2.05, 4.69) is 6.92 Å². The van der Waals surface area contributed by atoms with E-state index in [9.17, 15) is 8.42 Å². The molecule has 0 heterocycles. The quantitative estimate of drug-likeness (QED) is 0.648. The molecule has 5 heteroatoms. The van der Waals surface area contributed by atoms with Crippen molar-refractivity contribution in [2.45, 2.75) is 32.7 Å². The van der Waals surface area contributed by atoms with Crippen LogP contribution < -0.4 is 5.73 Å². The Morgan fingerprint density at radius 1 is 1.36 bits per heavy atom. The number of rotatable bonds is 8. The highest BCUT2D eigenvalue weighted by Gasteiger charge is 2.10. The average Bonchev–Trinajstić information content (AvgIpc) is 2.10. The molecule has 14 heavy (non-hydrogen) atoms. The zero-order chi connectivity index (χ0) is 11.0. The monoisotopic (exact) mass is 239 g/mol. The fraction of sp³-hybridized carbons (Fsp3) is 1.00. The van der Waals surface area contributed by atoms with Crippen molar-refractivity contribution in [1.29, 1.82) is 0 Å². The summed E-state index contributed by atoms with van der Waals surface area (Å²) in [6.07, 6.45) is 1.34. The first-order chi connectivity index (χ1) is 6.48. The summed E-state index contributed by atoms with van der Waals surface area (Å²) >= 11 is 1.78. The molecule has 86 valence electrons. The molecule has 1 unspecified atom stereocenters. The van der Waals surface area contributed by atoms with E-state index in [4.69, 9.17) is 5.73 Å². The van der Waals surface area contributed by atoms with Crippen LogP contribution >= 0.6 is 11.8 Å². The van der Waals surface area contributed by atoms with Crippen molar-refractivity contribution < 1.29 is 8.42 Å². The Hall–Kier alpha value is 0.260. The van der Waals surface area contributed by atoms with Gasteiger partial charge in [-0.2, -0.15) is 11.8 Å². The van der Waals surface area contributed by atoms with Crippen molar-refractivity contribution in [1.82, 2.24) is 0 Å². The average molecular weight is 239 g/mol. The third-order valence-corrected chi connectivity index (χ3v) is 4.59. The molecule has 0 rings (SSSR count). The first kappa shape index (κ1) is 14.3. The molecule has 2 N–H and O–H groups in total. The van der Waals surface area contributed by atoms with E-state index in [1.165, 1.54) is 0 Å². The van der Waals surface area contributed by atoms with E-state index in [0.717, 1.165) is 17.9 Å². The van der Waals surface area contributed by atoms with Crippen molar-refractivity contribution in [3.05, 3.63) is 0 Å². The molecule has 3 nitrogen and oxygen atoms in total. The minimum atomic E-state index is -2.85. The van der Waals surface area contributed by atoms with Crippen LogP contribution in [0.15, 0.2) is 0 Å². The van der Waals surface area contributed by atoms with Gasteiger partial charge in [0.2, 0.25) is 0 Å². The Labute approximate surface area is 91.7 Å². The number of hydrogen-bond donors (Lipinski definition) is 1. The highest BCUT2D eigenvalue weighted by atomic mass is 32.2. The van der Waals surface area contributed by atoms with Crippen LogP contribution in [0.5, 0.6) is 0 Å². The van der Waals surface area contributed by atoms with Gasteiger partial charge in [0.25, 0.3) is 0 Å². The van der Waals surface area contributed by atoms with Crippen LogP contribution in [-0.2, 0) is 9.84 Å². The maximum absolute atomic E-state index is 11.4. The lowest BCUT2D eigenvalue weighted by Gasteiger charge is -2.06. The minimum absolute atomic E-state index is 0.0187. The zero-order valence-electron chi connectivity index (χ0n) is 9.03. The predicted molar refractivity (Wildman–Crippen MR) is 64.5 cm³/mol. The lowest BCUT2D eigenvalue weighted by atomic mass is 10.3. The van der Waals surface area contributed by atoms with Gasteiger partial charge < -0.3 is 5.73 Å². The highest BCUT2D eigenvalue weighted by molar-refractivity contribution is 7.99. The van der Waals surface area contributed by atoms with Gasteiger partial charge in [-0.05, 0) is 31.3 Å². The first-order valence-corrected chi connectivity index (χ1v) is 7.99. The van der Waals surface area contributed by atoms with Gasteiger partial charge in [-0.15, -0.1) is 0 Å². The second-order valence-corrected chi connectivity index (χ2v) is 7.17. The molecule has 0 saturated heterocycles. The van der Waals surface area contributed by atoms with Crippen LogP contribution in [0.1, 0.15) is 26.7 Å². The first-order valence-electron chi connectivity index (χ1n) is 5.01. The fourth-order valence-corrected chi connectivity index (χ4v) is 3.33.